The lowest BCUT2D eigenvalue weighted by molar-refractivity contribution is -0.133. The first-order valence-electron chi connectivity index (χ1n) is 9.47. The lowest BCUT2D eigenvalue weighted by Crippen LogP contribution is -2.54. The Bertz CT molecular complexity index is 836. The first-order chi connectivity index (χ1) is 13.5. The van der Waals surface area contributed by atoms with Gasteiger partial charge in [-0.2, -0.15) is 0 Å². The molecule has 1 fully saturated rings. The fourth-order valence-corrected chi connectivity index (χ4v) is 3.40. The summed E-state index contributed by atoms with van der Waals surface area (Å²) in [7, 11) is 0. The SMILES string of the molecule is CCCCC(=O)N1CCN(c2cc(Oc3ccc(F)c(Cl)c3)ncn2)C[C@H]1C. The number of aromatic nitrogens is 2. The summed E-state index contributed by atoms with van der Waals surface area (Å²) in [6.07, 6.45) is 3.97. The van der Waals surface area contributed by atoms with Crippen LogP contribution in [-0.2, 0) is 4.79 Å². The number of hydrogen-bond donors (Lipinski definition) is 0. The summed E-state index contributed by atoms with van der Waals surface area (Å²) in [6, 6.07) is 5.98. The first kappa shape index (κ1) is 20.3. The molecular formula is C20H24ClFN4O2. The van der Waals surface area contributed by atoms with Crippen molar-refractivity contribution in [3.05, 3.63) is 41.4 Å². The molecule has 0 aliphatic carbocycles. The second-order valence-electron chi connectivity index (χ2n) is 6.88. The molecule has 8 heteroatoms. The fourth-order valence-electron chi connectivity index (χ4n) is 3.23. The predicted molar refractivity (Wildman–Crippen MR) is 106 cm³/mol. The van der Waals surface area contributed by atoms with Crippen molar-refractivity contribution >= 4 is 23.3 Å². The van der Waals surface area contributed by atoms with Crippen molar-refractivity contribution in [3.63, 3.8) is 0 Å². The number of ether oxygens (including phenoxy) is 1. The third kappa shape index (κ3) is 4.90. The normalized spacial score (nSPS) is 16.9. The van der Waals surface area contributed by atoms with Gasteiger partial charge >= 0.3 is 0 Å². The highest BCUT2D eigenvalue weighted by Crippen LogP contribution is 2.27. The smallest absolute Gasteiger partial charge is 0.224 e. The zero-order chi connectivity index (χ0) is 20.1. The van der Waals surface area contributed by atoms with Crippen molar-refractivity contribution in [1.29, 1.82) is 0 Å². The number of benzene rings is 1. The molecule has 1 saturated heterocycles. The molecule has 0 bridgehead atoms. The van der Waals surface area contributed by atoms with Gasteiger partial charge in [-0.1, -0.05) is 24.9 Å². The summed E-state index contributed by atoms with van der Waals surface area (Å²) in [5, 5.41) is -0.00975. The van der Waals surface area contributed by atoms with E-state index in [2.05, 4.69) is 28.7 Å². The van der Waals surface area contributed by atoms with Crippen LogP contribution in [0.25, 0.3) is 0 Å². The van der Waals surface area contributed by atoms with Crippen LogP contribution in [0.2, 0.25) is 5.02 Å². The molecule has 0 spiro atoms. The molecular weight excluding hydrogens is 383 g/mol. The van der Waals surface area contributed by atoms with Gasteiger partial charge < -0.3 is 14.5 Å². The molecule has 0 unspecified atom stereocenters. The predicted octanol–water partition coefficient (Wildman–Crippen LogP) is 4.29. The van der Waals surface area contributed by atoms with Gasteiger partial charge in [0.15, 0.2) is 0 Å². The van der Waals surface area contributed by atoms with E-state index >= 15 is 0 Å². The van der Waals surface area contributed by atoms with Gasteiger partial charge in [0, 0.05) is 44.2 Å². The van der Waals surface area contributed by atoms with E-state index in [-0.39, 0.29) is 17.0 Å². The summed E-state index contributed by atoms with van der Waals surface area (Å²) < 4.78 is 19.0. The van der Waals surface area contributed by atoms with E-state index in [0.29, 0.717) is 37.7 Å². The molecule has 1 aromatic carbocycles. The van der Waals surface area contributed by atoms with Crippen LogP contribution in [0.1, 0.15) is 33.1 Å². The van der Waals surface area contributed by atoms with Gasteiger partial charge in [0.05, 0.1) is 5.02 Å². The minimum Gasteiger partial charge on any atom is -0.439 e. The average molecular weight is 407 g/mol. The molecule has 2 aromatic rings. The van der Waals surface area contributed by atoms with Crippen LogP contribution in [0.4, 0.5) is 10.2 Å². The van der Waals surface area contributed by atoms with E-state index in [4.69, 9.17) is 16.3 Å². The van der Waals surface area contributed by atoms with E-state index in [9.17, 15) is 9.18 Å². The highest BCUT2D eigenvalue weighted by atomic mass is 35.5. The first-order valence-corrected chi connectivity index (χ1v) is 9.85. The number of carbonyl (C=O) groups is 1. The summed E-state index contributed by atoms with van der Waals surface area (Å²) in [6.45, 7) is 6.19. The van der Waals surface area contributed by atoms with Gasteiger partial charge in [-0.05, 0) is 25.5 Å². The van der Waals surface area contributed by atoms with Gasteiger partial charge in [0.1, 0.15) is 23.7 Å². The molecule has 2 heterocycles. The van der Waals surface area contributed by atoms with Crippen molar-refractivity contribution in [2.45, 2.75) is 39.2 Å². The van der Waals surface area contributed by atoms with Gasteiger partial charge in [-0.15, -0.1) is 0 Å². The lowest BCUT2D eigenvalue weighted by atomic mass is 10.1. The topological polar surface area (TPSA) is 58.6 Å². The Labute approximate surface area is 169 Å². The van der Waals surface area contributed by atoms with E-state index in [1.54, 1.807) is 6.07 Å². The molecule has 0 N–H and O–H groups in total. The van der Waals surface area contributed by atoms with E-state index in [0.717, 1.165) is 18.7 Å². The van der Waals surface area contributed by atoms with Crippen molar-refractivity contribution in [3.8, 4) is 11.6 Å². The van der Waals surface area contributed by atoms with Crippen LogP contribution in [0.5, 0.6) is 11.6 Å². The standard InChI is InChI=1S/C20H24ClFN4O2/c1-3-4-5-20(27)26-9-8-25(12-14(26)2)18-11-19(24-13-23-18)28-15-6-7-17(22)16(21)10-15/h6-7,10-11,13-14H,3-5,8-9,12H2,1-2H3/t14-/m1/s1. The van der Waals surface area contributed by atoms with Crippen LogP contribution in [0.3, 0.4) is 0 Å². The zero-order valence-corrected chi connectivity index (χ0v) is 16.8. The van der Waals surface area contributed by atoms with E-state index in [1.165, 1.54) is 24.5 Å². The average Bonchev–Trinajstić information content (AvgIpc) is 2.69. The number of anilines is 1. The second kappa shape index (κ2) is 9.19. The quantitative estimate of drug-likeness (QED) is 0.716. The number of halogens is 2. The maximum absolute atomic E-state index is 13.3. The van der Waals surface area contributed by atoms with Gasteiger partial charge in [0.2, 0.25) is 11.8 Å². The Morgan fingerprint density at radius 1 is 1.32 bits per heavy atom. The molecule has 0 saturated carbocycles. The Hall–Kier alpha value is -2.41. The fraction of sp³-hybridized carbons (Fsp3) is 0.450. The number of amides is 1. The van der Waals surface area contributed by atoms with Crippen LogP contribution >= 0.6 is 11.6 Å². The molecule has 28 heavy (non-hydrogen) atoms. The number of piperazine rings is 1. The largest absolute Gasteiger partial charge is 0.439 e. The molecule has 1 aliphatic heterocycles. The van der Waals surface area contributed by atoms with E-state index < -0.39 is 5.82 Å². The molecule has 1 amide bonds. The van der Waals surface area contributed by atoms with Crippen molar-refractivity contribution in [1.82, 2.24) is 14.9 Å². The van der Waals surface area contributed by atoms with Crippen LogP contribution in [-0.4, -0.2) is 46.5 Å². The third-order valence-electron chi connectivity index (χ3n) is 4.76. The Kier molecular flexibility index (Phi) is 6.67. The van der Waals surface area contributed by atoms with Gasteiger partial charge in [-0.25, -0.2) is 14.4 Å². The molecule has 1 aliphatic rings. The molecule has 3 rings (SSSR count). The van der Waals surface area contributed by atoms with E-state index in [1.807, 2.05) is 4.90 Å². The Balaban J connectivity index is 1.66. The molecule has 0 radical (unpaired) electrons. The third-order valence-corrected chi connectivity index (χ3v) is 5.05. The Morgan fingerprint density at radius 3 is 2.86 bits per heavy atom. The molecule has 1 atom stereocenters. The van der Waals surface area contributed by atoms with Gasteiger partial charge in [-0.3, -0.25) is 4.79 Å². The summed E-state index contributed by atoms with van der Waals surface area (Å²) >= 11 is 5.79. The monoisotopic (exact) mass is 406 g/mol. The number of unbranched alkanes of at least 4 members (excludes halogenated alkanes) is 1. The summed E-state index contributed by atoms with van der Waals surface area (Å²) in [5.41, 5.74) is 0. The lowest BCUT2D eigenvalue weighted by Gasteiger charge is -2.40. The summed E-state index contributed by atoms with van der Waals surface area (Å²) in [4.78, 5) is 24.9. The molecule has 6 nitrogen and oxygen atoms in total. The second-order valence-corrected chi connectivity index (χ2v) is 7.29. The minimum atomic E-state index is -0.502. The zero-order valence-electron chi connectivity index (χ0n) is 16.1. The summed E-state index contributed by atoms with van der Waals surface area (Å²) in [5.74, 6) is 1.19. The minimum absolute atomic E-state index is 0.00975. The molecule has 1 aromatic heterocycles. The Morgan fingerprint density at radius 2 is 2.14 bits per heavy atom. The van der Waals surface area contributed by atoms with Crippen LogP contribution in [0, 0.1) is 5.82 Å². The maximum Gasteiger partial charge on any atom is 0.224 e. The van der Waals surface area contributed by atoms with Crippen LogP contribution < -0.4 is 9.64 Å². The number of hydrogen-bond acceptors (Lipinski definition) is 5. The molecule has 150 valence electrons. The number of rotatable bonds is 6. The number of nitrogens with zero attached hydrogens (tertiary/aromatic N) is 4. The van der Waals surface area contributed by atoms with Crippen LogP contribution in [0.15, 0.2) is 30.6 Å². The highest BCUT2D eigenvalue weighted by Gasteiger charge is 2.27. The van der Waals surface area contributed by atoms with Gasteiger partial charge in [0.25, 0.3) is 0 Å². The van der Waals surface area contributed by atoms with Crippen molar-refractivity contribution in [2.24, 2.45) is 0 Å². The maximum atomic E-state index is 13.3. The van der Waals surface area contributed by atoms with Crippen molar-refractivity contribution in [2.75, 3.05) is 24.5 Å². The highest BCUT2D eigenvalue weighted by molar-refractivity contribution is 6.30. The number of carbonyl (C=O) groups excluding carboxylic acids is 1. The van der Waals surface area contributed by atoms with Crippen molar-refractivity contribution < 1.29 is 13.9 Å².